The van der Waals surface area contributed by atoms with E-state index in [9.17, 15) is 4.79 Å². The van der Waals surface area contributed by atoms with Crippen LogP contribution in [0.25, 0.3) is 0 Å². The second-order valence-electron chi connectivity index (χ2n) is 6.18. The first-order chi connectivity index (χ1) is 13.1. The Morgan fingerprint density at radius 2 is 1.96 bits per heavy atom. The topological polar surface area (TPSA) is 60.5 Å². The predicted octanol–water partition coefficient (Wildman–Crippen LogP) is 4.53. The number of methoxy groups -OCH3 is 1. The molecule has 0 radical (unpaired) electrons. The highest BCUT2D eigenvalue weighted by Gasteiger charge is 2.15. The van der Waals surface area contributed by atoms with Crippen molar-refractivity contribution >= 4 is 17.2 Å². The van der Waals surface area contributed by atoms with Crippen molar-refractivity contribution in [1.82, 2.24) is 10.3 Å². The zero-order chi connectivity index (χ0) is 19.2. The number of carbonyl (C=O) groups excluding carboxylic acids is 1. The van der Waals surface area contributed by atoms with Crippen LogP contribution >= 0.6 is 11.3 Å². The molecule has 1 N–H and O–H groups in total. The van der Waals surface area contributed by atoms with Gasteiger partial charge in [-0.25, -0.2) is 4.98 Å². The summed E-state index contributed by atoms with van der Waals surface area (Å²) < 4.78 is 11.1. The summed E-state index contributed by atoms with van der Waals surface area (Å²) in [6.45, 7) is 4.23. The van der Waals surface area contributed by atoms with E-state index in [4.69, 9.17) is 9.47 Å². The highest BCUT2D eigenvalue weighted by atomic mass is 32.1. The second kappa shape index (κ2) is 8.68. The van der Waals surface area contributed by atoms with E-state index < -0.39 is 0 Å². The van der Waals surface area contributed by atoms with Crippen molar-refractivity contribution in [3.8, 4) is 11.5 Å². The smallest absolute Gasteiger partial charge is 0.271 e. The zero-order valence-corrected chi connectivity index (χ0v) is 16.4. The highest BCUT2D eigenvalue weighted by Crippen LogP contribution is 2.28. The minimum Gasteiger partial charge on any atom is -0.493 e. The SMILES string of the molecule is COc1cc(C)ccc1OCc1nc(C(=O)NC(C)c2ccccc2)cs1. The van der Waals surface area contributed by atoms with Gasteiger partial charge in [0.15, 0.2) is 11.5 Å². The van der Waals surface area contributed by atoms with Gasteiger partial charge in [0.05, 0.1) is 13.2 Å². The fourth-order valence-electron chi connectivity index (χ4n) is 2.61. The molecular formula is C21H22N2O3S. The van der Waals surface area contributed by atoms with Crippen LogP contribution < -0.4 is 14.8 Å². The maximum atomic E-state index is 12.4. The third-order valence-corrected chi connectivity index (χ3v) is 4.92. The third kappa shape index (κ3) is 4.86. The molecule has 1 amide bonds. The number of aromatic nitrogens is 1. The molecule has 0 saturated carbocycles. The summed E-state index contributed by atoms with van der Waals surface area (Å²) in [5, 5.41) is 5.45. The largest absolute Gasteiger partial charge is 0.493 e. The summed E-state index contributed by atoms with van der Waals surface area (Å²) in [4.78, 5) is 16.8. The lowest BCUT2D eigenvalue weighted by atomic mass is 10.1. The molecule has 0 fully saturated rings. The van der Waals surface area contributed by atoms with Gasteiger partial charge in [-0.1, -0.05) is 36.4 Å². The van der Waals surface area contributed by atoms with E-state index >= 15 is 0 Å². The van der Waals surface area contributed by atoms with Gasteiger partial charge in [0, 0.05) is 5.38 Å². The first-order valence-electron chi connectivity index (χ1n) is 8.64. The van der Waals surface area contributed by atoms with Crippen molar-refractivity contribution in [2.24, 2.45) is 0 Å². The van der Waals surface area contributed by atoms with E-state index in [1.54, 1.807) is 12.5 Å². The molecule has 1 heterocycles. The molecule has 0 aliphatic carbocycles. The Kier molecular flexibility index (Phi) is 6.08. The molecule has 3 rings (SSSR count). The van der Waals surface area contributed by atoms with Crippen LogP contribution in [0.1, 0.15) is 39.6 Å². The standard InChI is InChI=1S/C21H22N2O3S/c1-14-9-10-18(19(11-14)25-3)26-12-20-23-17(13-27-20)21(24)22-15(2)16-7-5-4-6-8-16/h4-11,13,15H,12H2,1-3H3,(H,22,24). The zero-order valence-electron chi connectivity index (χ0n) is 15.6. The molecule has 2 aromatic carbocycles. The molecule has 1 unspecified atom stereocenters. The Labute approximate surface area is 163 Å². The molecule has 0 saturated heterocycles. The van der Waals surface area contributed by atoms with E-state index in [1.165, 1.54) is 11.3 Å². The van der Waals surface area contributed by atoms with Gasteiger partial charge in [-0.3, -0.25) is 4.79 Å². The van der Waals surface area contributed by atoms with Crippen molar-refractivity contribution in [2.45, 2.75) is 26.5 Å². The van der Waals surface area contributed by atoms with Gasteiger partial charge in [0.2, 0.25) is 0 Å². The van der Waals surface area contributed by atoms with E-state index in [0.717, 1.165) is 16.1 Å². The Balaban J connectivity index is 1.60. The summed E-state index contributed by atoms with van der Waals surface area (Å²) in [6.07, 6.45) is 0. The summed E-state index contributed by atoms with van der Waals surface area (Å²) in [5.74, 6) is 1.14. The van der Waals surface area contributed by atoms with Crippen molar-refractivity contribution in [1.29, 1.82) is 0 Å². The molecule has 1 atom stereocenters. The Bertz CT molecular complexity index is 909. The van der Waals surface area contributed by atoms with Crippen LogP contribution in [-0.4, -0.2) is 18.0 Å². The van der Waals surface area contributed by atoms with Crippen LogP contribution in [0.5, 0.6) is 11.5 Å². The molecule has 140 valence electrons. The highest BCUT2D eigenvalue weighted by molar-refractivity contribution is 7.09. The molecule has 27 heavy (non-hydrogen) atoms. The number of ether oxygens (including phenoxy) is 2. The lowest BCUT2D eigenvalue weighted by Crippen LogP contribution is -2.26. The van der Waals surface area contributed by atoms with Gasteiger partial charge in [-0.05, 0) is 37.1 Å². The number of aryl methyl sites for hydroxylation is 1. The molecule has 0 aliphatic rings. The number of amides is 1. The lowest BCUT2D eigenvalue weighted by Gasteiger charge is -2.13. The molecule has 1 aromatic heterocycles. The van der Waals surface area contributed by atoms with Crippen LogP contribution in [0.15, 0.2) is 53.9 Å². The van der Waals surface area contributed by atoms with Crippen LogP contribution in [0.2, 0.25) is 0 Å². The number of benzene rings is 2. The van der Waals surface area contributed by atoms with Crippen LogP contribution in [0.3, 0.4) is 0 Å². The maximum Gasteiger partial charge on any atom is 0.271 e. The van der Waals surface area contributed by atoms with Crippen molar-refractivity contribution < 1.29 is 14.3 Å². The number of hydrogen-bond donors (Lipinski definition) is 1. The number of hydrogen-bond acceptors (Lipinski definition) is 5. The van der Waals surface area contributed by atoms with E-state index in [2.05, 4.69) is 10.3 Å². The normalized spacial score (nSPS) is 11.7. The quantitative estimate of drug-likeness (QED) is 0.652. The number of nitrogens with zero attached hydrogens (tertiary/aromatic N) is 1. The Hall–Kier alpha value is -2.86. The minimum atomic E-state index is -0.193. The molecule has 5 nitrogen and oxygen atoms in total. The van der Waals surface area contributed by atoms with Gasteiger partial charge in [0.1, 0.15) is 17.3 Å². The predicted molar refractivity (Wildman–Crippen MR) is 107 cm³/mol. The van der Waals surface area contributed by atoms with Crippen LogP contribution in [0, 0.1) is 6.92 Å². The maximum absolute atomic E-state index is 12.4. The average Bonchev–Trinajstić information content (AvgIpc) is 3.16. The number of nitrogens with one attached hydrogen (secondary N) is 1. The first-order valence-corrected chi connectivity index (χ1v) is 9.52. The monoisotopic (exact) mass is 382 g/mol. The summed E-state index contributed by atoms with van der Waals surface area (Å²) in [7, 11) is 1.61. The van der Waals surface area contributed by atoms with E-state index in [0.29, 0.717) is 17.2 Å². The number of carbonyl (C=O) groups is 1. The number of thiazole rings is 1. The molecule has 0 aliphatic heterocycles. The van der Waals surface area contributed by atoms with Crippen molar-refractivity contribution in [2.75, 3.05) is 7.11 Å². The average molecular weight is 382 g/mol. The van der Waals surface area contributed by atoms with E-state index in [-0.39, 0.29) is 18.6 Å². The van der Waals surface area contributed by atoms with Gasteiger partial charge < -0.3 is 14.8 Å². The van der Waals surface area contributed by atoms with E-state index in [1.807, 2.05) is 62.4 Å². The minimum absolute atomic E-state index is 0.0862. The molecule has 0 bridgehead atoms. The van der Waals surface area contributed by atoms with Gasteiger partial charge >= 0.3 is 0 Å². The van der Waals surface area contributed by atoms with Crippen molar-refractivity contribution in [3.05, 3.63) is 75.7 Å². The third-order valence-electron chi connectivity index (χ3n) is 4.10. The fraction of sp³-hybridized carbons (Fsp3) is 0.238. The molecule has 6 heteroatoms. The van der Waals surface area contributed by atoms with Crippen molar-refractivity contribution in [3.63, 3.8) is 0 Å². The summed E-state index contributed by atoms with van der Waals surface area (Å²) in [6, 6.07) is 15.5. The fourth-order valence-corrected chi connectivity index (χ4v) is 3.30. The van der Waals surface area contributed by atoms with Gasteiger partial charge in [-0.2, -0.15) is 0 Å². The van der Waals surface area contributed by atoms with Crippen LogP contribution in [-0.2, 0) is 6.61 Å². The van der Waals surface area contributed by atoms with Gasteiger partial charge in [0.25, 0.3) is 5.91 Å². The Morgan fingerprint density at radius 3 is 2.70 bits per heavy atom. The second-order valence-corrected chi connectivity index (χ2v) is 7.12. The van der Waals surface area contributed by atoms with Gasteiger partial charge in [-0.15, -0.1) is 11.3 Å². The molecule has 3 aromatic rings. The number of rotatable bonds is 7. The Morgan fingerprint density at radius 1 is 1.19 bits per heavy atom. The summed E-state index contributed by atoms with van der Waals surface area (Å²) in [5.41, 5.74) is 2.55. The van der Waals surface area contributed by atoms with Crippen LogP contribution in [0.4, 0.5) is 0 Å². The summed E-state index contributed by atoms with van der Waals surface area (Å²) >= 11 is 1.40. The lowest BCUT2D eigenvalue weighted by molar-refractivity contribution is 0.0935. The molecular weight excluding hydrogens is 360 g/mol. The molecule has 0 spiro atoms. The first kappa shape index (κ1) is 18.9.